The van der Waals surface area contributed by atoms with Crippen LogP contribution in [0, 0.1) is 6.92 Å². The summed E-state index contributed by atoms with van der Waals surface area (Å²) >= 11 is 0. The number of halogens is 1. The predicted octanol–water partition coefficient (Wildman–Crippen LogP) is 3.54. The Labute approximate surface area is 192 Å². The van der Waals surface area contributed by atoms with Gasteiger partial charge in [-0.3, -0.25) is 10.1 Å². The van der Waals surface area contributed by atoms with Gasteiger partial charge in [-0.25, -0.2) is 9.78 Å². The zero-order valence-electron chi connectivity index (χ0n) is 18.0. The molecule has 4 rings (SSSR count). The van der Waals surface area contributed by atoms with E-state index in [0.717, 1.165) is 33.4 Å². The Morgan fingerprint density at radius 2 is 2.16 bits per heavy atom. The average molecular weight is 456 g/mol. The molecule has 2 aromatic heterocycles. The molecule has 8 nitrogen and oxygen atoms in total. The lowest BCUT2D eigenvalue weighted by Gasteiger charge is -2.28. The number of urea groups is 1. The first-order valence-corrected chi connectivity index (χ1v) is 10.1. The van der Waals surface area contributed by atoms with Crippen molar-refractivity contribution >= 4 is 47.2 Å². The number of carbonyl (C=O) groups is 2. The molecular weight excluding hydrogens is 430 g/mol. The van der Waals surface area contributed by atoms with Crippen LogP contribution in [0.2, 0.25) is 0 Å². The maximum Gasteiger partial charge on any atom is 0.323 e. The third kappa shape index (κ3) is 4.76. The van der Waals surface area contributed by atoms with E-state index in [0.29, 0.717) is 32.0 Å². The minimum absolute atomic E-state index is 0. The lowest BCUT2D eigenvalue weighted by molar-refractivity contribution is -0.125. The Kier molecular flexibility index (Phi) is 7.17. The molecule has 0 unspecified atom stereocenters. The highest BCUT2D eigenvalue weighted by Gasteiger charge is 2.22. The fourth-order valence-electron chi connectivity index (χ4n) is 3.61. The number of hydrogen-bond donors (Lipinski definition) is 2. The van der Waals surface area contributed by atoms with Gasteiger partial charge in [0.15, 0.2) is 0 Å². The number of nitrogens with zero attached hydrogens (tertiary/aromatic N) is 3. The van der Waals surface area contributed by atoms with Crippen LogP contribution in [0.1, 0.15) is 22.5 Å². The molecule has 0 aliphatic carbocycles. The van der Waals surface area contributed by atoms with E-state index in [-0.39, 0.29) is 24.3 Å². The lowest BCUT2D eigenvalue weighted by Crippen LogP contribution is -2.41. The summed E-state index contributed by atoms with van der Waals surface area (Å²) in [4.78, 5) is 32.2. The SMILES string of the molecule is Cc1c(CN(C)C(=O)/C=C/c2cnc3c(c2)CN(CCN)C(=O)N3)oc2ccccc12.Cl. The van der Waals surface area contributed by atoms with E-state index in [9.17, 15) is 9.59 Å². The molecule has 3 N–H and O–H groups in total. The van der Waals surface area contributed by atoms with Gasteiger partial charge in [-0.2, -0.15) is 0 Å². The molecule has 9 heteroatoms. The van der Waals surface area contributed by atoms with Crippen molar-refractivity contribution < 1.29 is 14.0 Å². The molecule has 0 spiro atoms. The summed E-state index contributed by atoms with van der Waals surface area (Å²) in [5.41, 5.74) is 9.10. The predicted molar refractivity (Wildman–Crippen MR) is 126 cm³/mol. The van der Waals surface area contributed by atoms with Crippen LogP contribution in [-0.2, 0) is 17.9 Å². The van der Waals surface area contributed by atoms with Crippen LogP contribution in [0.4, 0.5) is 10.6 Å². The lowest BCUT2D eigenvalue weighted by atomic mass is 10.1. The molecule has 3 amide bonds. The quantitative estimate of drug-likeness (QED) is 0.553. The van der Waals surface area contributed by atoms with Gasteiger partial charge in [0.25, 0.3) is 0 Å². The van der Waals surface area contributed by atoms with E-state index in [1.165, 1.54) is 6.08 Å². The molecule has 32 heavy (non-hydrogen) atoms. The maximum atomic E-state index is 12.6. The summed E-state index contributed by atoms with van der Waals surface area (Å²) < 4.78 is 5.91. The molecule has 3 heterocycles. The van der Waals surface area contributed by atoms with Crippen LogP contribution in [0.5, 0.6) is 0 Å². The number of fused-ring (bicyclic) bond motifs is 2. The molecule has 1 aliphatic rings. The van der Waals surface area contributed by atoms with Crippen molar-refractivity contribution in [1.82, 2.24) is 14.8 Å². The number of nitrogens with one attached hydrogen (secondary N) is 1. The van der Waals surface area contributed by atoms with E-state index in [1.807, 2.05) is 37.3 Å². The summed E-state index contributed by atoms with van der Waals surface area (Å²) in [7, 11) is 1.74. The zero-order chi connectivity index (χ0) is 22.0. The van der Waals surface area contributed by atoms with Crippen molar-refractivity contribution in [3.05, 3.63) is 65.1 Å². The van der Waals surface area contributed by atoms with Crippen LogP contribution < -0.4 is 11.1 Å². The number of aromatic nitrogens is 1. The number of para-hydroxylation sites is 1. The first-order valence-electron chi connectivity index (χ1n) is 10.1. The van der Waals surface area contributed by atoms with Gasteiger partial charge < -0.3 is 20.0 Å². The van der Waals surface area contributed by atoms with Crippen LogP contribution in [0.25, 0.3) is 17.0 Å². The van der Waals surface area contributed by atoms with Crippen LogP contribution in [0.3, 0.4) is 0 Å². The molecule has 1 aromatic carbocycles. The Morgan fingerprint density at radius 3 is 2.91 bits per heavy atom. The first-order chi connectivity index (χ1) is 15.0. The Hall–Kier alpha value is -3.36. The zero-order valence-corrected chi connectivity index (χ0v) is 18.8. The normalized spacial score (nSPS) is 13.1. The number of amides is 3. The number of furan rings is 1. The van der Waals surface area contributed by atoms with E-state index >= 15 is 0 Å². The average Bonchev–Trinajstić information content (AvgIpc) is 3.08. The molecular formula is C23H26ClN5O3. The van der Waals surface area contributed by atoms with Crippen LogP contribution >= 0.6 is 12.4 Å². The second-order valence-corrected chi connectivity index (χ2v) is 7.59. The molecule has 3 aromatic rings. The number of hydrogen-bond acceptors (Lipinski definition) is 5. The molecule has 0 radical (unpaired) electrons. The van der Waals surface area contributed by atoms with Gasteiger partial charge >= 0.3 is 6.03 Å². The first kappa shape index (κ1) is 23.3. The van der Waals surface area contributed by atoms with E-state index < -0.39 is 0 Å². The standard InChI is InChI=1S/C23H25N5O3.ClH/c1-15-18-5-3-4-6-19(18)31-20(15)14-27(2)21(29)8-7-16-11-17-13-28(10-9-24)23(30)26-22(17)25-12-16;/h3-8,11-12H,9-10,13-14,24H2,1-2H3,(H,25,26,30);1H/b8-7+;. The number of aryl methyl sites for hydroxylation is 1. The minimum atomic E-state index is -0.202. The maximum absolute atomic E-state index is 12.6. The van der Waals surface area contributed by atoms with Crippen LogP contribution in [0.15, 0.2) is 47.0 Å². The summed E-state index contributed by atoms with van der Waals surface area (Å²) in [5.74, 6) is 1.17. The Bertz CT molecular complexity index is 1170. The fourth-order valence-corrected chi connectivity index (χ4v) is 3.61. The van der Waals surface area contributed by atoms with Gasteiger partial charge in [-0.05, 0) is 30.7 Å². The molecule has 1 aliphatic heterocycles. The Morgan fingerprint density at radius 1 is 1.38 bits per heavy atom. The van der Waals surface area contributed by atoms with E-state index in [2.05, 4.69) is 10.3 Å². The molecule has 0 bridgehead atoms. The highest BCUT2D eigenvalue weighted by molar-refractivity contribution is 5.93. The van der Waals surface area contributed by atoms with Gasteiger partial charge in [0.1, 0.15) is 17.2 Å². The highest BCUT2D eigenvalue weighted by atomic mass is 35.5. The number of benzene rings is 1. The van der Waals surface area contributed by atoms with Crippen LogP contribution in [-0.4, -0.2) is 46.9 Å². The van der Waals surface area contributed by atoms with Gasteiger partial charge in [0, 0.05) is 48.9 Å². The molecule has 0 saturated heterocycles. The molecule has 168 valence electrons. The van der Waals surface area contributed by atoms with Gasteiger partial charge in [0.05, 0.1) is 13.1 Å². The van der Waals surface area contributed by atoms with Crippen molar-refractivity contribution in [1.29, 1.82) is 0 Å². The van der Waals surface area contributed by atoms with Crippen molar-refractivity contribution in [2.24, 2.45) is 5.73 Å². The number of rotatable bonds is 6. The molecule has 0 atom stereocenters. The largest absolute Gasteiger partial charge is 0.459 e. The highest BCUT2D eigenvalue weighted by Crippen LogP contribution is 2.26. The number of anilines is 1. The summed E-state index contributed by atoms with van der Waals surface area (Å²) in [6.45, 7) is 3.68. The third-order valence-electron chi connectivity index (χ3n) is 5.38. The second kappa shape index (κ2) is 9.84. The van der Waals surface area contributed by atoms with Gasteiger partial charge in [-0.1, -0.05) is 18.2 Å². The smallest absolute Gasteiger partial charge is 0.323 e. The van der Waals surface area contributed by atoms with Gasteiger partial charge in [0.2, 0.25) is 5.91 Å². The molecule has 0 saturated carbocycles. The second-order valence-electron chi connectivity index (χ2n) is 7.59. The third-order valence-corrected chi connectivity index (χ3v) is 5.38. The fraction of sp³-hybridized carbons (Fsp3) is 0.261. The topological polar surface area (TPSA) is 105 Å². The summed E-state index contributed by atoms with van der Waals surface area (Å²) in [5, 5.41) is 3.82. The van der Waals surface area contributed by atoms with Crippen molar-refractivity contribution in [3.8, 4) is 0 Å². The number of nitrogens with two attached hydrogens (primary N) is 1. The number of pyridine rings is 1. The van der Waals surface area contributed by atoms with E-state index in [1.54, 1.807) is 29.1 Å². The van der Waals surface area contributed by atoms with Gasteiger partial charge in [-0.15, -0.1) is 12.4 Å². The minimum Gasteiger partial charge on any atom is -0.459 e. The number of likely N-dealkylation sites (N-methyl/N-ethyl adjacent to an activating group) is 1. The number of carbonyl (C=O) groups excluding carboxylic acids is 2. The summed E-state index contributed by atoms with van der Waals surface area (Å²) in [6.07, 6.45) is 4.87. The van der Waals surface area contributed by atoms with Crippen molar-refractivity contribution in [2.45, 2.75) is 20.0 Å². The van der Waals surface area contributed by atoms with Crippen molar-refractivity contribution in [3.63, 3.8) is 0 Å². The van der Waals surface area contributed by atoms with E-state index in [4.69, 9.17) is 10.2 Å². The molecule has 0 fully saturated rings. The van der Waals surface area contributed by atoms with Crippen molar-refractivity contribution in [2.75, 3.05) is 25.5 Å². The Balaban J connectivity index is 0.00000289. The summed E-state index contributed by atoms with van der Waals surface area (Å²) in [6, 6.07) is 9.55. The monoisotopic (exact) mass is 455 g/mol.